The van der Waals surface area contributed by atoms with E-state index in [1.165, 1.54) is 21.9 Å². The molecule has 2 aromatic heterocycles. The fourth-order valence-corrected chi connectivity index (χ4v) is 10.7. The van der Waals surface area contributed by atoms with E-state index in [9.17, 15) is 0 Å². The van der Waals surface area contributed by atoms with Crippen molar-refractivity contribution >= 4 is 101 Å². The Bertz CT molecular complexity index is 3460. The van der Waals surface area contributed by atoms with E-state index in [2.05, 4.69) is 0 Å². The highest BCUT2D eigenvalue weighted by Crippen LogP contribution is 2.66. The molecule has 0 radical (unpaired) electrons. The quantitative estimate of drug-likeness (QED) is 0.128. The van der Waals surface area contributed by atoms with Crippen LogP contribution < -0.4 is 26.2 Å². The molecule has 0 N–H and O–H groups in total. The summed E-state index contributed by atoms with van der Waals surface area (Å²) in [5.74, 6) is -33.8. The van der Waals surface area contributed by atoms with E-state index in [-0.39, 0.29) is 39.4 Å². The number of para-hydroxylation sites is 4. The molecule has 2 aliphatic heterocycles. The van der Waals surface area contributed by atoms with Crippen molar-refractivity contribution in [2.24, 2.45) is 0 Å². The van der Waals surface area contributed by atoms with Crippen molar-refractivity contribution in [1.29, 1.82) is 0 Å². The molecule has 0 bridgehead atoms. The number of halogens is 12. The first-order valence-electron chi connectivity index (χ1n) is 20.4. The normalized spacial score (nSPS) is 19.6. The summed E-state index contributed by atoms with van der Waals surface area (Å²) in [5, 5.41) is 2.28. The van der Waals surface area contributed by atoms with Crippen LogP contribution in [-0.4, -0.2) is 18.6 Å². The van der Waals surface area contributed by atoms with Crippen LogP contribution in [0.5, 0.6) is 0 Å². The van der Waals surface area contributed by atoms with E-state index < -0.39 is 86.8 Å². The maximum Gasteiger partial charge on any atom is 0.380 e. The number of anilines is 6. The Hall–Kier alpha value is -7.04. The van der Waals surface area contributed by atoms with Crippen LogP contribution in [0.2, 0.25) is 0 Å². The molecule has 7 aromatic carbocycles. The van der Waals surface area contributed by atoms with Crippen molar-refractivity contribution in [3.05, 3.63) is 149 Å². The summed E-state index contributed by atoms with van der Waals surface area (Å²) in [7, 11) is 0. The largest absolute Gasteiger partial charge is 0.454 e. The lowest BCUT2D eigenvalue weighted by molar-refractivity contribution is -0.302. The van der Waals surface area contributed by atoms with Crippen LogP contribution in [-0.2, 0) is 23.7 Å². The topological polar surface area (TPSA) is 32.8 Å². The SMILES string of the molecule is Cc1cc2c3c(c1)N(c1cccc4c1oc1ccccc14)c1cc4c(cc1B3c1cc3c(cc1N2c1cccc2c1oc1ccccc12)C(F)(F)C(F)(F)C3(F)F)C(F)(F)C(F)(F)C4(F)F. The number of nitrogens with zero attached hydrogens (tertiary/aromatic N) is 2. The summed E-state index contributed by atoms with van der Waals surface area (Å²) in [6.07, 6.45) is 0. The van der Waals surface area contributed by atoms with E-state index >= 15 is 52.7 Å². The third-order valence-electron chi connectivity index (χ3n) is 13.7. The van der Waals surface area contributed by atoms with Crippen molar-refractivity contribution < 1.29 is 61.5 Å². The zero-order valence-corrected chi connectivity index (χ0v) is 33.4. The van der Waals surface area contributed by atoms with Crippen molar-refractivity contribution in [2.75, 3.05) is 9.80 Å². The van der Waals surface area contributed by atoms with Gasteiger partial charge in [-0.05, 0) is 77.4 Å². The average Bonchev–Trinajstić information content (AvgIpc) is 3.91. The van der Waals surface area contributed by atoms with Crippen LogP contribution in [0.3, 0.4) is 0 Å². The van der Waals surface area contributed by atoms with Gasteiger partial charge in [0.25, 0.3) is 6.71 Å². The van der Waals surface area contributed by atoms with E-state index in [4.69, 9.17) is 8.83 Å². The van der Waals surface area contributed by atoms with E-state index in [0.29, 0.717) is 62.5 Å². The minimum absolute atomic E-state index is 0.0707. The highest BCUT2D eigenvalue weighted by molar-refractivity contribution is 7.00. The van der Waals surface area contributed by atoms with Crippen LogP contribution in [0.4, 0.5) is 86.8 Å². The van der Waals surface area contributed by atoms with Gasteiger partial charge in [0.05, 0.1) is 11.4 Å². The summed E-state index contributed by atoms with van der Waals surface area (Å²) in [5.41, 5.74) is -6.61. The van der Waals surface area contributed by atoms with Gasteiger partial charge in [-0.3, -0.25) is 0 Å². The standard InChI is InChI=1S/C49H23BF12N2O2/c1-22-16-37-41-38(17-22)64(34-13-7-11-26-24-9-3-5-15-40(24)66-43(26)34)36-21-30-28(45(53,54)49(61,62)47(30,57)58)19-32(36)50(41)31-18-27-29(46(55,56)48(59,60)44(27,51)52)20-35(31)63(37)33-12-6-10-25-23-8-2-4-14-39(23)65-42(25)33/h2-21H,1H3. The lowest BCUT2D eigenvalue weighted by atomic mass is 9.33. The molecule has 4 nitrogen and oxygen atoms in total. The van der Waals surface area contributed by atoms with Gasteiger partial charge in [-0.2, -0.15) is 52.7 Å². The highest BCUT2D eigenvalue weighted by Gasteiger charge is 2.80. The summed E-state index contributed by atoms with van der Waals surface area (Å²) < 4.78 is 201. The van der Waals surface area contributed by atoms with Crippen molar-refractivity contribution in [3.63, 3.8) is 0 Å². The summed E-state index contributed by atoms with van der Waals surface area (Å²) in [6.45, 7) is -0.0576. The van der Waals surface area contributed by atoms with E-state index in [1.807, 2.05) is 0 Å². The lowest BCUT2D eigenvalue weighted by Gasteiger charge is -2.44. The van der Waals surface area contributed by atoms with Crippen molar-refractivity contribution in [1.82, 2.24) is 0 Å². The van der Waals surface area contributed by atoms with Gasteiger partial charge in [0.2, 0.25) is 0 Å². The van der Waals surface area contributed by atoms with Gasteiger partial charge in [0, 0.05) is 66.5 Å². The Morgan fingerprint density at radius 1 is 0.394 bits per heavy atom. The van der Waals surface area contributed by atoms with Crippen LogP contribution in [0, 0.1) is 6.92 Å². The number of hydrogen-bond donors (Lipinski definition) is 0. The third-order valence-corrected chi connectivity index (χ3v) is 13.7. The van der Waals surface area contributed by atoms with E-state index in [1.54, 1.807) is 91.9 Å². The molecule has 0 atom stereocenters. The van der Waals surface area contributed by atoms with Gasteiger partial charge in [-0.1, -0.05) is 72.8 Å². The number of rotatable bonds is 2. The lowest BCUT2D eigenvalue weighted by Crippen LogP contribution is -2.61. The molecule has 9 aromatic rings. The minimum Gasteiger partial charge on any atom is -0.454 e. The van der Waals surface area contributed by atoms with Gasteiger partial charge in [0.15, 0.2) is 11.2 Å². The molecular formula is C49H23BF12N2O2. The molecular weight excluding hydrogens is 887 g/mol. The Labute approximate surface area is 363 Å². The molecule has 0 amide bonds. The number of aryl methyl sites for hydroxylation is 1. The van der Waals surface area contributed by atoms with Crippen LogP contribution in [0.25, 0.3) is 43.9 Å². The zero-order chi connectivity index (χ0) is 46.0. The number of benzene rings is 7. The summed E-state index contributed by atoms with van der Waals surface area (Å²) >= 11 is 0. The van der Waals surface area contributed by atoms with E-state index in [0.717, 1.165) is 0 Å². The molecule has 0 saturated heterocycles. The first-order chi connectivity index (χ1) is 31.2. The van der Waals surface area contributed by atoms with Gasteiger partial charge >= 0.3 is 35.5 Å². The van der Waals surface area contributed by atoms with Gasteiger partial charge in [0.1, 0.15) is 11.2 Å². The molecule has 13 rings (SSSR count). The van der Waals surface area contributed by atoms with Crippen LogP contribution in [0.1, 0.15) is 27.8 Å². The minimum atomic E-state index is -5.95. The second-order valence-corrected chi connectivity index (χ2v) is 17.2. The number of alkyl halides is 12. The third kappa shape index (κ3) is 4.33. The van der Waals surface area contributed by atoms with Gasteiger partial charge < -0.3 is 18.6 Å². The molecule has 66 heavy (non-hydrogen) atoms. The molecule has 17 heteroatoms. The molecule has 0 saturated carbocycles. The molecule has 4 aliphatic rings. The fourth-order valence-electron chi connectivity index (χ4n) is 10.7. The first-order valence-corrected chi connectivity index (χ1v) is 20.4. The predicted octanol–water partition coefficient (Wildman–Crippen LogP) is 13.5. The Balaban J connectivity index is 1.20. The Morgan fingerprint density at radius 2 is 0.758 bits per heavy atom. The smallest absolute Gasteiger partial charge is 0.380 e. The van der Waals surface area contributed by atoms with Crippen molar-refractivity contribution in [3.8, 4) is 0 Å². The zero-order valence-electron chi connectivity index (χ0n) is 33.4. The monoisotopic (exact) mass is 910 g/mol. The molecule has 2 aliphatic carbocycles. The van der Waals surface area contributed by atoms with Crippen LogP contribution >= 0.6 is 0 Å². The Morgan fingerprint density at radius 3 is 1.17 bits per heavy atom. The predicted molar refractivity (Wildman–Crippen MR) is 225 cm³/mol. The average molecular weight is 911 g/mol. The molecule has 0 fully saturated rings. The maximum absolute atomic E-state index is 15.9. The maximum atomic E-state index is 15.9. The van der Waals surface area contributed by atoms with Crippen molar-refractivity contribution in [2.45, 2.75) is 42.5 Å². The number of fused-ring (bicyclic) bond motifs is 12. The molecule has 4 heterocycles. The fraction of sp³-hybridized carbons (Fsp3) is 0.143. The molecule has 0 spiro atoms. The highest BCUT2D eigenvalue weighted by atomic mass is 19.4. The number of hydrogen-bond acceptors (Lipinski definition) is 4. The Kier molecular flexibility index (Phi) is 7.07. The van der Waals surface area contributed by atoms with Crippen LogP contribution in [0.15, 0.2) is 130 Å². The summed E-state index contributed by atoms with van der Waals surface area (Å²) in [6, 6.07) is 28.5. The molecule has 0 unspecified atom stereocenters. The second-order valence-electron chi connectivity index (χ2n) is 17.2. The first kappa shape index (κ1) is 39.3. The van der Waals surface area contributed by atoms with Gasteiger partial charge in [-0.15, -0.1) is 0 Å². The number of furan rings is 2. The van der Waals surface area contributed by atoms with Gasteiger partial charge in [-0.25, -0.2) is 0 Å². The summed E-state index contributed by atoms with van der Waals surface area (Å²) in [4.78, 5) is 2.73. The molecule has 328 valence electrons. The second kappa shape index (κ2) is 11.9.